The Hall–Kier alpha value is -3.56. The Bertz CT molecular complexity index is 1390. The van der Waals surface area contributed by atoms with Crippen LogP contribution in [0.5, 0.6) is 0 Å². The van der Waals surface area contributed by atoms with E-state index in [4.69, 9.17) is 20.9 Å². The fourth-order valence-electron chi connectivity index (χ4n) is 4.68. The number of aliphatic carboxylic acids is 1. The lowest BCUT2D eigenvalue weighted by atomic mass is 9.74. The van der Waals surface area contributed by atoms with E-state index in [1.54, 1.807) is 12.3 Å². The minimum absolute atomic E-state index is 0.333. The Kier molecular flexibility index (Phi) is 7.58. The quantitative estimate of drug-likeness (QED) is 0.231. The number of aromatic nitrogens is 5. The van der Waals surface area contributed by atoms with Crippen molar-refractivity contribution in [3.63, 3.8) is 0 Å². The first kappa shape index (κ1) is 26.1. The molecule has 1 unspecified atom stereocenters. The number of carboxylic acids is 1. The molecule has 1 aliphatic carbocycles. The third-order valence-electron chi connectivity index (χ3n) is 7.04. The maximum Gasteiger partial charge on any atom is 0.332 e. The van der Waals surface area contributed by atoms with Gasteiger partial charge in [-0.25, -0.2) is 9.78 Å². The van der Waals surface area contributed by atoms with Crippen LogP contribution < -0.4 is 0 Å². The van der Waals surface area contributed by atoms with E-state index in [1.165, 1.54) is 0 Å². The van der Waals surface area contributed by atoms with Gasteiger partial charge in [0, 0.05) is 17.5 Å². The van der Waals surface area contributed by atoms with Crippen LogP contribution in [0.1, 0.15) is 62.3 Å². The van der Waals surface area contributed by atoms with Gasteiger partial charge in [-0.3, -0.25) is 4.68 Å². The van der Waals surface area contributed by atoms with Gasteiger partial charge in [0.05, 0.1) is 12.1 Å². The molecule has 1 aliphatic rings. The van der Waals surface area contributed by atoms with Crippen LogP contribution in [0.15, 0.2) is 53.2 Å². The molecule has 0 radical (unpaired) electrons. The first-order valence-corrected chi connectivity index (χ1v) is 13.3. The number of hydrogen-bond acceptors (Lipinski definition) is 7. The highest BCUT2D eigenvalue weighted by molar-refractivity contribution is 6.29. The van der Waals surface area contributed by atoms with Gasteiger partial charge < -0.3 is 14.4 Å². The topological polar surface area (TPSA) is 116 Å². The molecule has 3 heterocycles. The molecule has 3 aromatic heterocycles. The van der Waals surface area contributed by atoms with E-state index in [0.717, 1.165) is 54.5 Å². The molecule has 0 amide bonds. The van der Waals surface area contributed by atoms with Crippen molar-refractivity contribution >= 4 is 17.6 Å². The molecule has 0 bridgehead atoms. The molecule has 10 heteroatoms. The normalized spacial score (nSPS) is 15.2. The number of carboxylic acid groups (broad SMARTS) is 1. The number of aryl methyl sites for hydroxylation is 1. The van der Waals surface area contributed by atoms with Gasteiger partial charge in [-0.15, -0.1) is 0 Å². The summed E-state index contributed by atoms with van der Waals surface area (Å²) in [6.45, 7) is 4.56. The van der Waals surface area contributed by atoms with E-state index < -0.39 is 17.7 Å². The van der Waals surface area contributed by atoms with E-state index in [0.29, 0.717) is 35.5 Å². The van der Waals surface area contributed by atoms with Crippen molar-refractivity contribution in [1.29, 1.82) is 0 Å². The van der Waals surface area contributed by atoms with Gasteiger partial charge in [0.15, 0.2) is 11.8 Å². The lowest BCUT2D eigenvalue weighted by molar-refractivity contribution is -0.181. The van der Waals surface area contributed by atoms with E-state index in [1.807, 2.05) is 54.9 Å². The monoisotopic (exact) mass is 535 g/mol. The summed E-state index contributed by atoms with van der Waals surface area (Å²) in [7, 11) is 0. The molecule has 0 spiro atoms. The minimum atomic E-state index is -0.900. The van der Waals surface area contributed by atoms with Crippen molar-refractivity contribution in [2.75, 3.05) is 0 Å². The number of halogens is 1. The number of pyridine rings is 1. The molecule has 38 heavy (non-hydrogen) atoms. The molecular weight excluding hydrogens is 506 g/mol. The van der Waals surface area contributed by atoms with Crippen molar-refractivity contribution in [2.24, 2.45) is 0 Å². The summed E-state index contributed by atoms with van der Waals surface area (Å²) in [4.78, 5) is 20.5. The van der Waals surface area contributed by atoms with Crippen LogP contribution in [0.3, 0.4) is 0 Å². The number of ether oxygens (including phenoxy) is 1. The maximum atomic E-state index is 11.8. The predicted octanol–water partition coefficient (Wildman–Crippen LogP) is 6.04. The summed E-state index contributed by atoms with van der Waals surface area (Å²) in [5.74, 6) is -0.113. The van der Waals surface area contributed by atoms with Crippen LogP contribution >= 0.6 is 11.6 Å². The SMILES string of the molecule is CCCCC(OC1(c2ccc(-c3noc(-c4cc(C)n(Cc5ccc(Cl)nc5)n4)n3)cc2)CCC1)C(=O)O. The lowest BCUT2D eigenvalue weighted by Gasteiger charge is -2.43. The number of hydrogen-bond donors (Lipinski definition) is 1. The summed E-state index contributed by atoms with van der Waals surface area (Å²) < 4.78 is 13.6. The Balaban J connectivity index is 1.31. The van der Waals surface area contributed by atoms with E-state index in [9.17, 15) is 9.90 Å². The van der Waals surface area contributed by atoms with Gasteiger partial charge in [0.2, 0.25) is 5.82 Å². The van der Waals surface area contributed by atoms with Crippen molar-refractivity contribution in [3.8, 4) is 23.0 Å². The summed E-state index contributed by atoms with van der Waals surface area (Å²) in [6.07, 6.45) is 5.83. The van der Waals surface area contributed by atoms with Crippen molar-refractivity contribution in [1.82, 2.24) is 24.9 Å². The largest absolute Gasteiger partial charge is 0.479 e. The number of carbonyl (C=O) groups is 1. The van der Waals surface area contributed by atoms with Crippen molar-refractivity contribution in [2.45, 2.75) is 70.6 Å². The lowest BCUT2D eigenvalue weighted by Crippen LogP contribution is -2.43. The second-order valence-corrected chi connectivity index (χ2v) is 10.1. The zero-order chi connectivity index (χ0) is 26.7. The fourth-order valence-corrected chi connectivity index (χ4v) is 4.79. The first-order valence-electron chi connectivity index (χ1n) is 12.9. The summed E-state index contributed by atoms with van der Waals surface area (Å²) in [6, 6.07) is 13.4. The molecule has 1 aromatic carbocycles. The van der Waals surface area contributed by atoms with Crippen LogP contribution in [0.2, 0.25) is 5.15 Å². The molecule has 1 fully saturated rings. The molecule has 4 aromatic rings. The van der Waals surface area contributed by atoms with E-state index in [-0.39, 0.29) is 0 Å². The number of unbranched alkanes of at least 4 members (excludes halogenated alkanes) is 1. The van der Waals surface area contributed by atoms with E-state index >= 15 is 0 Å². The average molecular weight is 536 g/mol. The second kappa shape index (κ2) is 11.0. The van der Waals surface area contributed by atoms with Gasteiger partial charge >= 0.3 is 5.97 Å². The molecule has 5 rings (SSSR count). The third kappa shape index (κ3) is 5.49. The average Bonchev–Trinajstić information content (AvgIpc) is 3.52. The Morgan fingerprint density at radius 1 is 1.24 bits per heavy atom. The Morgan fingerprint density at radius 2 is 2.03 bits per heavy atom. The van der Waals surface area contributed by atoms with Crippen LogP contribution in [-0.4, -0.2) is 42.1 Å². The van der Waals surface area contributed by atoms with Crippen LogP contribution in [0, 0.1) is 6.92 Å². The zero-order valence-corrected chi connectivity index (χ0v) is 22.2. The first-order chi connectivity index (χ1) is 18.4. The number of benzene rings is 1. The van der Waals surface area contributed by atoms with Crippen LogP contribution in [0.25, 0.3) is 23.0 Å². The fraction of sp³-hybridized carbons (Fsp3) is 0.393. The standard InChI is InChI=1S/C28H30ClN5O4/c1-3-4-6-23(27(35)36)37-28(13-5-14-28)21-10-8-20(9-11-21)25-31-26(38-33-25)22-15-18(2)34(32-22)17-19-7-12-24(29)30-16-19/h7-12,15-16,23H,3-6,13-14,17H2,1-2H3,(H,35,36). The van der Waals surface area contributed by atoms with Crippen LogP contribution in [0.4, 0.5) is 0 Å². The zero-order valence-electron chi connectivity index (χ0n) is 21.4. The van der Waals surface area contributed by atoms with Gasteiger partial charge in [0.1, 0.15) is 5.15 Å². The molecule has 1 saturated carbocycles. The van der Waals surface area contributed by atoms with Gasteiger partial charge in [0.25, 0.3) is 5.89 Å². The summed E-state index contributed by atoms with van der Waals surface area (Å²) >= 11 is 5.88. The molecule has 0 aliphatic heterocycles. The summed E-state index contributed by atoms with van der Waals surface area (Å²) in [5.41, 5.74) is 3.73. The highest BCUT2D eigenvalue weighted by atomic mass is 35.5. The van der Waals surface area contributed by atoms with Gasteiger partial charge in [-0.05, 0) is 55.9 Å². The van der Waals surface area contributed by atoms with E-state index in [2.05, 4.69) is 20.2 Å². The summed E-state index contributed by atoms with van der Waals surface area (Å²) in [5, 5.41) is 18.9. The Labute approximate surface area is 225 Å². The van der Waals surface area contributed by atoms with Gasteiger partial charge in [-0.1, -0.05) is 66.9 Å². The number of rotatable bonds is 11. The highest BCUT2D eigenvalue weighted by Gasteiger charge is 2.43. The minimum Gasteiger partial charge on any atom is -0.479 e. The molecule has 1 atom stereocenters. The smallest absolute Gasteiger partial charge is 0.332 e. The molecule has 9 nitrogen and oxygen atoms in total. The van der Waals surface area contributed by atoms with Gasteiger partial charge in [-0.2, -0.15) is 10.1 Å². The van der Waals surface area contributed by atoms with Crippen LogP contribution in [-0.2, 0) is 21.7 Å². The Morgan fingerprint density at radius 3 is 2.66 bits per heavy atom. The molecular formula is C28H30ClN5O4. The second-order valence-electron chi connectivity index (χ2n) is 9.75. The maximum absolute atomic E-state index is 11.8. The molecule has 198 valence electrons. The number of nitrogens with zero attached hydrogens (tertiary/aromatic N) is 5. The third-order valence-corrected chi connectivity index (χ3v) is 7.26. The highest BCUT2D eigenvalue weighted by Crippen LogP contribution is 2.46. The molecule has 1 N–H and O–H groups in total. The van der Waals surface area contributed by atoms with Crippen molar-refractivity contribution < 1.29 is 19.2 Å². The van der Waals surface area contributed by atoms with Crippen molar-refractivity contribution in [3.05, 3.63) is 70.6 Å². The molecule has 0 saturated heterocycles. The predicted molar refractivity (Wildman–Crippen MR) is 142 cm³/mol.